The molecule has 0 spiro atoms. The van der Waals surface area contributed by atoms with E-state index in [0.29, 0.717) is 0 Å². The molecule has 3 saturated carbocycles. The number of carbonyl (C=O) groups is 2. The molecule has 0 aromatic heterocycles. The van der Waals surface area contributed by atoms with Gasteiger partial charge in [0, 0.05) is 36.0 Å². The van der Waals surface area contributed by atoms with Crippen LogP contribution >= 0.6 is 0 Å². The van der Waals surface area contributed by atoms with E-state index in [2.05, 4.69) is 10.6 Å². The molecule has 0 aromatic carbocycles. The SMILES string of the molecule is O=C1C2CCCCC2NC2C(O)C3C(=O)C4CCCCC4NC3C(O)C12. The molecule has 2 aliphatic heterocycles. The standard InChI is InChI=1S/C20H30N2O4/c23-17-9-5-1-3-7-11(9)21-15-13(17)19(25)16-14(20(15)26)18(24)10-6-2-4-8-12(10)22-16/h9-16,19-22,25-26H,1-8H2. The molecule has 0 aromatic rings. The first kappa shape index (κ1) is 17.3. The second-order valence-corrected chi connectivity index (χ2v) is 9.22. The van der Waals surface area contributed by atoms with Crippen LogP contribution < -0.4 is 10.6 Å². The molecule has 144 valence electrons. The van der Waals surface area contributed by atoms with Crippen LogP contribution in [0.5, 0.6) is 0 Å². The molecule has 3 aliphatic carbocycles. The van der Waals surface area contributed by atoms with E-state index >= 15 is 0 Å². The molecule has 26 heavy (non-hydrogen) atoms. The third-order valence-corrected chi connectivity index (χ3v) is 7.98. The van der Waals surface area contributed by atoms with Crippen LogP contribution in [0.4, 0.5) is 0 Å². The lowest BCUT2D eigenvalue weighted by molar-refractivity contribution is -0.168. The van der Waals surface area contributed by atoms with E-state index in [4.69, 9.17) is 0 Å². The average molecular weight is 362 g/mol. The third-order valence-electron chi connectivity index (χ3n) is 7.98. The number of fused-ring (bicyclic) bond motifs is 4. The molecule has 6 heteroatoms. The van der Waals surface area contributed by atoms with Crippen LogP contribution in [0.25, 0.3) is 0 Å². The summed E-state index contributed by atoms with van der Waals surface area (Å²) >= 11 is 0. The minimum absolute atomic E-state index is 0.0508. The highest BCUT2D eigenvalue weighted by molar-refractivity contribution is 5.90. The molecule has 6 nitrogen and oxygen atoms in total. The topological polar surface area (TPSA) is 98.7 Å². The van der Waals surface area contributed by atoms with Crippen molar-refractivity contribution in [3.63, 3.8) is 0 Å². The summed E-state index contributed by atoms with van der Waals surface area (Å²) < 4.78 is 0. The Morgan fingerprint density at radius 2 is 1.04 bits per heavy atom. The van der Waals surface area contributed by atoms with Gasteiger partial charge in [-0.1, -0.05) is 25.7 Å². The Kier molecular flexibility index (Phi) is 4.23. The van der Waals surface area contributed by atoms with Gasteiger partial charge in [0.05, 0.1) is 24.0 Å². The van der Waals surface area contributed by atoms with Crippen LogP contribution in [0.15, 0.2) is 0 Å². The molecule has 5 fully saturated rings. The second-order valence-electron chi connectivity index (χ2n) is 9.22. The minimum Gasteiger partial charge on any atom is -0.391 e. The molecule has 5 aliphatic rings. The lowest BCUT2D eigenvalue weighted by Crippen LogP contribution is -2.77. The molecule has 10 unspecified atom stereocenters. The van der Waals surface area contributed by atoms with E-state index in [1.807, 2.05) is 0 Å². The van der Waals surface area contributed by atoms with Crippen molar-refractivity contribution < 1.29 is 19.8 Å². The Morgan fingerprint density at radius 3 is 1.46 bits per heavy atom. The van der Waals surface area contributed by atoms with Crippen LogP contribution in [0.3, 0.4) is 0 Å². The smallest absolute Gasteiger partial charge is 0.144 e. The van der Waals surface area contributed by atoms with Gasteiger partial charge in [-0.2, -0.15) is 0 Å². The van der Waals surface area contributed by atoms with Crippen LogP contribution in [-0.4, -0.2) is 58.2 Å². The summed E-state index contributed by atoms with van der Waals surface area (Å²) in [6.07, 6.45) is 6.10. The average Bonchev–Trinajstić information content (AvgIpc) is 2.66. The summed E-state index contributed by atoms with van der Waals surface area (Å²) in [6, 6.07) is -0.817. The lowest BCUT2D eigenvalue weighted by atomic mass is 9.58. The zero-order valence-corrected chi connectivity index (χ0v) is 15.1. The number of Topliss-reactive ketones (excluding diaryl/α,β-unsaturated/α-hetero) is 2. The molecule has 0 radical (unpaired) electrons. The van der Waals surface area contributed by atoms with Crippen LogP contribution in [0.1, 0.15) is 51.4 Å². The molecule has 2 heterocycles. The van der Waals surface area contributed by atoms with Crippen molar-refractivity contribution in [3.8, 4) is 0 Å². The van der Waals surface area contributed by atoms with E-state index < -0.39 is 36.1 Å². The first-order valence-corrected chi connectivity index (χ1v) is 10.5. The molecule has 2 saturated heterocycles. The third kappa shape index (κ3) is 2.38. The van der Waals surface area contributed by atoms with Crippen molar-refractivity contribution in [2.75, 3.05) is 0 Å². The number of hydrogen-bond donors (Lipinski definition) is 4. The fraction of sp³-hybridized carbons (Fsp3) is 0.900. The highest BCUT2D eigenvalue weighted by Crippen LogP contribution is 2.44. The molecule has 10 atom stereocenters. The summed E-state index contributed by atoms with van der Waals surface area (Å²) in [6.45, 7) is 0. The second kappa shape index (κ2) is 6.36. The van der Waals surface area contributed by atoms with Crippen molar-refractivity contribution in [2.45, 2.75) is 87.7 Å². The Labute approximate surface area is 154 Å². The Morgan fingerprint density at radius 1 is 0.654 bits per heavy atom. The van der Waals surface area contributed by atoms with E-state index in [1.165, 1.54) is 0 Å². The van der Waals surface area contributed by atoms with Crippen LogP contribution in [0, 0.1) is 23.7 Å². The van der Waals surface area contributed by atoms with E-state index in [-0.39, 0.29) is 35.5 Å². The summed E-state index contributed by atoms with van der Waals surface area (Å²) in [4.78, 5) is 26.3. The van der Waals surface area contributed by atoms with Gasteiger partial charge in [0.15, 0.2) is 0 Å². The van der Waals surface area contributed by atoms with Gasteiger partial charge < -0.3 is 20.8 Å². The fourth-order valence-electron chi connectivity index (χ4n) is 6.72. The maximum atomic E-state index is 13.2. The maximum Gasteiger partial charge on any atom is 0.144 e. The Bertz CT molecular complexity index is 559. The molecule has 0 amide bonds. The summed E-state index contributed by atoms with van der Waals surface area (Å²) in [7, 11) is 0. The summed E-state index contributed by atoms with van der Waals surface area (Å²) in [5, 5.41) is 29.2. The zero-order valence-electron chi connectivity index (χ0n) is 15.1. The van der Waals surface area contributed by atoms with Crippen molar-refractivity contribution in [1.82, 2.24) is 10.6 Å². The van der Waals surface area contributed by atoms with Gasteiger partial charge in [0.25, 0.3) is 0 Å². The number of ketones is 2. The summed E-state index contributed by atoms with van der Waals surface area (Å²) in [5.41, 5.74) is 0. The molecular formula is C20H30N2O4. The molecule has 0 bridgehead atoms. The van der Waals surface area contributed by atoms with Gasteiger partial charge in [-0.25, -0.2) is 0 Å². The normalized spacial score (nSPS) is 53.9. The molecule has 5 rings (SSSR count). The van der Waals surface area contributed by atoms with Crippen molar-refractivity contribution in [2.24, 2.45) is 23.7 Å². The Balaban J connectivity index is 1.47. The lowest BCUT2D eigenvalue weighted by Gasteiger charge is -2.56. The number of aliphatic hydroxyl groups excluding tert-OH is 2. The minimum atomic E-state index is -0.900. The van der Waals surface area contributed by atoms with Crippen LogP contribution in [0.2, 0.25) is 0 Å². The van der Waals surface area contributed by atoms with Gasteiger partial charge in [-0.15, -0.1) is 0 Å². The quantitative estimate of drug-likeness (QED) is 0.490. The van der Waals surface area contributed by atoms with Crippen molar-refractivity contribution >= 4 is 11.6 Å². The van der Waals surface area contributed by atoms with E-state index in [0.717, 1.165) is 51.4 Å². The highest BCUT2D eigenvalue weighted by atomic mass is 16.3. The van der Waals surface area contributed by atoms with Crippen molar-refractivity contribution in [3.05, 3.63) is 0 Å². The Hall–Kier alpha value is -0.820. The summed E-state index contributed by atoms with van der Waals surface area (Å²) in [5.74, 6) is -1.11. The first-order valence-electron chi connectivity index (χ1n) is 10.5. The molecular weight excluding hydrogens is 332 g/mol. The van der Waals surface area contributed by atoms with Gasteiger partial charge >= 0.3 is 0 Å². The fourth-order valence-corrected chi connectivity index (χ4v) is 6.72. The number of rotatable bonds is 0. The highest BCUT2D eigenvalue weighted by Gasteiger charge is 2.61. The van der Waals surface area contributed by atoms with Gasteiger partial charge in [0.2, 0.25) is 0 Å². The van der Waals surface area contributed by atoms with Crippen molar-refractivity contribution in [1.29, 1.82) is 0 Å². The number of hydrogen-bond acceptors (Lipinski definition) is 6. The largest absolute Gasteiger partial charge is 0.391 e. The zero-order chi connectivity index (χ0) is 18.0. The van der Waals surface area contributed by atoms with Gasteiger partial charge in [-0.3, -0.25) is 9.59 Å². The first-order chi connectivity index (χ1) is 12.6. The predicted octanol–water partition coefficient (Wildman–Crippen LogP) is 0.154. The van der Waals surface area contributed by atoms with E-state index in [1.54, 1.807) is 0 Å². The van der Waals surface area contributed by atoms with E-state index in [9.17, 15) is 19.8 Å². The number of nitrogens with one attached hydrogen (secondary N) is 2. The number of piperidine rings is 2. The van der Waals surface area contributed by atoms with Gasteiger partial charge in [0.1, 0.15) is 11.6 Å². The maximum absolute atomic E-state index is 13.2. The number of carbonyl (C=O) groups excluding carboxylic acids is 2. The van der Waals surface area contributed by atoms with Gasteiger partial charge in [-0.05, 0) is 25.7 Å². The number of aliphatic hydroxyl groups is 2. The van der Waals surface area contributed by atoms with Crippen LogP contribution in [-0.2, 0) is 9.59 Å². The molecule has 4 N–H and O–H groups in total. The monoisotopic (exact) mass is 362 g/mol. The predicted molar refractivity (Wildman–Crippen MR) is 94.3 cm³/mol.